The third-order valence-electron chi connectivity index (χ3n) is 1.42. The van der Waals surface area contributed by atoms with Crippen molar-refractivity contribution in [3.63, 3.8) is 0 Å². The molecule has 0 aliphatic heterocycles. The van der Waals surface area contributed by atoms with E-state index < -0.39 is 0 Å². The number of ether oxygens (including phenoxy) is 1. The third-order valence-corrected chi connectivity index (χ3v) is 1.42. The molecule has 13 heavy (non-hydrogen) atoms. The Morgan fingerprint density at radius 1 is 1.77 bits per heavy atom. The molecular weight excluding hydrogens is 170 g/mol. The number of hydrogen-bond donors (Lipinski definition) is 1. The summed E-state index contributed by atoms with van der Waals surface area (Å²) < 4.78 is 6.32. The number of nitrogen functional groups attached to an aromatic ring is 1. The molecule has 0 fully saturated rings. The van der Waals surface area contributed by atoms with Crippen LogP contribution in [0.4, 0.5) is 5.82 Å². The molecule has 0 aliphatic rings. The van der Waals surface area contributed by atoms with E-state index in [-0.39, 0.29) is 12.5 Å². The molecule has 0 radical (unpaired) electrons. The Kier molecular flexibility index (Phi) is 3.31. The van der Waals surface area contributed by atoms with E-state index in [1.807, 2.05) is 6.92 Å². The lowest BCUT2D eigenvalue weighted by Gasteiger charge is -2.02. The van der Waals surface area contributed by atoms with Crippen molar-refractivity contribution in [3.05, 3.63) is 12.3 Å². The number of nitrogens with zero attached hydrogens (tertiary/aromatic N) is 2. The molecule has 5 nitrogen and oxygen atoms in total. The van der Waals surface area contributed by atoms with E-state index >= 15 is 0 Å². The highest BCUT2D eigenvalue weighted by molar-refractivity contribution is 5.69. The van der Waals surface area contributed by atoms with Gasteiger partial charge >= 0.3 is 5.97 Å². The Balaban J connectivity index is 2.36. The maximum absolute atomic E-state index is 11.1. The Hall–Kier alpha value is -1.52. The molecule has 0 saturated heterocycles. The summed E-state index contributed by atoms with van der Waals surface area (Å²) in [6.07, 6.45) is 2.47. The topological polar surface area (TPSA) is 70.1 Å². The van der Waals surface area contributed by atoms with E-state index in [1.165, 1.54) is 4.68 Å². The number of carbonyl (C=O) groups is 1. The summed E-state index contributed by atoms with van der Waals surface area (Å²) in [5.41, 5.74) is 5.37. The quantitative estimate of drug-likeness (QED) is 0.687. The van der Waals surface area contributed by atoms with Crippen LogP contribution in [0.25, 0.3) is 0 Å². The first-order chi connectivity index (χ1) is 6.22. The monoisotopic (exact) mass is 183 g/mol. The van der Waals surface area contributed by atoms with Gasteiger partial charge in [0.15, 0.2) is 0 Å². The first-order valence-corrected chi connectivity index (χ1v) is 4.17. The Labute approximate surface area is 76.5 Å². The Bertz CT molecular complexity index is 283. The maximum atomic E-state index is 11.1. The fourth-order valence-corrected chi connectivity index (χ4v) is 0.859. The van der Waals surface area contributed by atoms with Crippen LogP contribution in [0.15, 0.2) is 12.3 Å². The van der Waals surface area contributed by atoms with Gasteiger partial charge in [0, 0.05) is 6.20 Å². The van der Waals surface area contributed by atoms with Crippen molar-refractivity contribution in [1.29, 1.82) is 0 Å². The van der Waals surface area contributed by atoms with E-state index in [2.05, 4.69) is 5.10 Å². The van der Waals surface area contributed by atoms with Crippen molar-refractivity contribution < 1.29 is 9.53 Å². The highest BCUT2D eigenvalue weighted by Gasteiger charge is 2.03. The highest BCUT2D eigenvalue weighted by atomic mass is 16.5. The largest absolute Gasteiger partial charge is 0.464 e. The highest BCUT2D eigenvalue weighted by Crippen LogP contribution is 1.96. The number of nitrogens with two attached hydrogens (primary N) is 1. The fraction of sp³-hybridized carbons (Fsp3) is 0.500. The molecule has 0 aliphatic carbocycles. The zero-order valence-electron chi connectivity index (χ0n) is 7.56. The number of hydrogen-bond acceptors (Lipinski definition) is 4. The molecule has 0 bridgehead atoms. The van der Waals surface area contributed by atoms with Crippen LogP contribution in [0.3, 0.4) is 0 Å². The van der Waals surface area contributed by atoms with Gasteiger partial charge in [-0.15, -0.1) is 0 Å². The zero-order valence-corrected chi connectivity index (χ0v) is 7.56. The summed E-state index contributed by atoms with van der Waals surface area (Å²) in [4.78, 5) is 11.1. The average Bonchev–Trinajstić information content (AvgIpc) is 2.48. The second-order valence-electron chi connectivity index (χ2n) is 2.66. The molecule has 1 aromatic rings. The SMILES string of the molecule is CCCOC(=O)Cn1ccc(N)n1. The molecule has 0 atom stereocenters. The normalized spacial score (nSPS) is 9.92. The second-order valence-corrected chi connectivity index (χ2v) is 2.66. The number of aromatic nitrogens is 2. The van der Waals surface area contributed by atoms with Gasteiger partial charge in [0.1, 0.15) is 12.4 Å². The van der Waals surface area contributed by atoms with Crippen molar-refractivity contribution in [2.45, 2.75) is 19.9 Å². The van der Waals surface area contributed by atoms with Crippen molar-refractivity contribution in [3.8, 4) is 0 Å². The summed E-state index contributed by atoms with van der Waals surface area (Å²) >= 11 is 0. The molecule has 0 aromatic carbocycles. The van der Waals surface area contributed by atoms with Gasteiger partial charge in [0.25, 0.3) is 0 Å². The number of esters is 1. The van der Waals surface area contributed by atoms with Crippen LogP contribution < -0.4 is 5.73 Å². The van der Waals surface area contributed by atoms with Gasteiger partial charge in [-0.2, -0.15) is 5.10 Å². The van der Waals surface area contributed by atoms with Gasteiger partial charge in [0.2, 0.25) is 0 Å². The van der Waals surface area contributed by atoms with Crippen LogP contribution in [-0.4, -0.2) is 22.4 Å². The van der Waals surface area contributed by atoms with Crippen molar-refractivity contribution in [2.75, 3.05) is 12.3 Å². The van der Waals surface area contributed by atoms with Crippen LogP contribution in [0.5, 0.6) is 0 Å². The van der Waals surface area contributed by atoms with E-state index in [4.69, 9.17) is 10.5 Å². The van der Waals surface area contributed by atoms with Crippen LogP contribution >= 0.6 is 0 Å². The average molecular weight is 183 g/mol. The summed E-state index contributed by atoms with van der Waals surface area (Å²) in [5, 5.41) is 3.85. The molecule has 1 heterocycles. The third kappa shape index (κ3) is 3.14. The molecule has 0 spiro atoms. The van der Waals surface area contributed by atoms with Crippen LogP contribution in [0.2, 0.25) is 0 Å². The van der Waals surface area contributed by atoms with Crippen molar-refractivity contribution >= 4 is 11.8 Å². The smallest absolute Gasteiger partial charge is 0.327 e. The van der Waals surface area contributed by atoms with Gasteiger partial charge in [-0.1, -0.05) is 6.92 Å². The minimum Gasteiger partial charge on any atom is -0.464 e. The van der Waals surface area contributed by atoms with Gasteiger partial charge < -0.3 is 10.5 Å². The molecule has 1 aromatic heterocycles. The van der Waals surface area contributed by atoms with E-state index in [1.54, 1.807) is 12.3 Å². The lowest BCUT2D eigenvalue weighted by molar-refractivity contribution is -0.144. The van der Waals surface area contributed by atoms with Gasteiger partial charge in [-0.3, -0.25) is 9.48 Å². The lowest BCUT2D eigenvalue weighted by atomic mass is 10.5. The summed E-state index contributed by atoms with van der Waals surface area (Å²) in [6, 6.07) is 1.63. The first kappa shape index (κ1) is 9.57. The van der Waals surface area contributed by atoms with Gasteiger partial charge in [-0.05, 0) is 12.5 Å². The first-order valence-electron chi connectivity index (χ1n) is 4.17. The van der Waals surface area contributed by atoms with E-state index in [9.17, 15) is 4.79 Å². The number of rotatable bonds is 4. The van der Waals surface area contributed by atoms with Gasteiger partial charge in [0.05, 0.1) is 6.61 Å². The standard InChI is InChI=1S/C8H13N3O2/c1-2-5-13-8(12)6-11-4-3-7(9)10-11/h3-4H,2,5-6H2,1H3,(H2,9,10). The fourth-order valence-electron chi connectivity index (χ4n) is 0.859. The molecule has 0 amide bonds. The van der Waals surface area contributed by atoms with Gasteiger partial charge in [-0.25, -0.2) is 0 Å². The molecule has 1 rings (SSSR count). The van der Waals surface area contributed by atoms with Crippen LogP contribution in [-0.2, 0) is 16.1 Å². The molecule has 72 valence electrons. The number of carbonyl (C=O) groups excluding carboxylic acids is 1. The molecule has 0 unspecified atom stereocenters. The molecule has 2 N–H and O–H groups in total. The number of anilines is 1. The predicted octanol–water partition coefficient (Wildman–Crippen LogP) is 0.418. The lowest BCUT2D eigenvalue weighted by Crippen LogP contribution is -2.14. The Morgan fingerprint density at radius 2 is 2.54 bits per heavy atom. The maximum Gasteiger partial charge on any atom is 0.327 e. The molecule has 5 heteroatoms. The molecular formula is C8H13N3O2. The van der Waals surface area contributed by atoms with E-state index in [0.29, 0.717) is 12.4 Å². The second kappa shape index (κ2) is 4.49. The summed E-state index contributed by atoms with van der Waals surface area (Å²) in [7, 11) is 0. The van der Waals surface area contributed by atoms with Crippen LogP contribution in [0, 0.1) is 0 Å². The van der Waals surface area contributed by atoms with Crippen molar-refractivity contribution in [1.82, 2.24) is 9.78 Å². The minimum atomic E-state index is -0.287. The minimum absolute atomic E-state index is 0.122. The predicted molar refractivity (Wildman–Crippen MR) is 47.9 cm³/mol. The summed E-state index contributed by atoms with van der Waals surface area (Å²) in [5.74, 6) is 0.119. The molecule has 0 saturated carbocycles. The van der Waals surface area contributed by atoms with E-state index in [0.717, 1.165) is 6.42 Å². The zero-order chi connectivity index (χ0) is 9.68. The van der Waals surface area contributed by atoms with Crippen molar-refractivity contribution in [2.24, 2.45) is 0 Å². The summed E-state index contributed by atoms with van der Waals surface area (Å²) in [6.45, 7) is 2.52. The Morgan fingerprint density at radius 3 is 3.08 bits per heavy atom. The van der Waals surface area contributed by atoms with Crippen LogP contribution in [0.1, 0.15) is 13.3 Å².